The Labute approximate surface area is 199 Å². The molecule has 0 aromatic carbocycles. The normalized spacial score (nSPS) is 7.00. The summed E-state index contributed by atoms with van der Waals surface area (Å²) < 4.78 is 6.71. The molecule has 0 amide bonds. The molecule has 2 N–H and O–H groups in total. The summed E-state index contributed by atoms with van der Waals surface area (Å²) in [5, 5.41) is 15.9. The molecule has 20 heavy (non-hydrogen) atoms. The van der Waals surface area contributed by atoms with Gasteiger partial charge in [0.1, 0.15) is 0 Å². The van der Waals surface area contributed by atoms with Crippen LogP contribution in [0.1, 0.15) is 0 Å². The first-order chi connectivity index (χ1) is 7.25. The molecule has 0 radical (unpaired) electrons. The summed E-state index contributed by atoms with van der Waals surface area (Å²) in [6, 6.07) is 0. The Morgan fingerprint density at radius 1 is 0.500 bits per heavy atom. The molecule has 0 bridgehead atoms. The van der Waals surface area contributed by atoms with Gasteiger partial charge in [-0.25, -0.2) is 28.8 Å². The molecule has 0 aromatic rings. The summed E-state index contributed by atoms with van der Waals surface area (Å²) in [4.78, 5) is 61.1. The maximum atomic E-state index is 10.5. The van der Waals surface area contributed by atoms with Gasteiger partial charge in [-0.3, -0.25) is 0 Å². The van der Waals surface area contributed by atoms with E-state index in [1.165, 1.54) is 0 Å². The summed E-state index contributed by atoms with van der Waals surface area (Å²) in [5.41, 5.74) is 0. The summed E-state index contributed by atoms with van der Waals surface area (Å²) in [7, 11) is 0. The number of rotatable bonds is 0. The molecule has 94 valence electrons. The third-order valence-electron chi connectivity index (χ3n) is 0.887. The fourth-order valence-electron chi connectivity index (χ4n) is 0.339. The van der Waals surface area contributed by atoms with Crippen molar-refractivity contribution in [1.82, 2.24) is 0 Å². The number of aliphatic carboxylic acids is 2. The quantitative estimate of drug-likeness (QED) is 0.190. The van der Waals surface area contributed by atoms with E-state index >= 15 is 0 Å². The predicted octanol–water partition coefficient (Wildman–Crippen LogP) is -5.30. The zero-order valence-corrected chi connectivity index (χ0v) is 7.16. The van der Waals surface area contributed by atoms with Crippen LogP contribution in [0, 0.1) is 0 Å². The van der Waals surface area contributed by atoms with Crippen molar-refractivity contribution in [2.24, 2.45) is 0 Å². The van der Waals surface area contributed by atoms with Crippen LogP contribution in [0.15, 0.2) is 0 Å². The molecule has 10 nitrogen and oxygen atoms in total. The third kappa shape index (κ3) is 14.2. The van der Waals surface area contributed by atoms with Crippen molar-refractivity contribution in [1.29, 1.82) is 0 Å². The van der Waals surface area contributed by atoms with Crippen molar-refractivity contribution >= 4 is 154 Å². The average molecular weight is 330 g/mol. The number of hydrogen-bond acceptors (Lipinski definition) is 8. The van der Waals surface area contributed by atoms with E-state index in [1.807, 2.05) is 0 Å². The van der Waals surface area contributed by atoms with E-state index in [1.54, 1.807) is 0 Å². The number of carboxylic acids is 2. The zero-order valence-electron chi connectivity index (χ0n) is 7.16. The van der Waals surface area contributed by atoms with Gasteiger partial charge in [-0.05, 0) is 0 Å². The predicted molar refractivity (Wildman–Crippen MR) is 66.1 cm³/mol. The number of carboxylic acid groups (broad SMARTS) is 2. The topological polar surface area (TPSA) is 161 Å². The van der Waals surface area contributed by atoms with Gasteiger partial charge in [0, 0.05) is 0 Å². The van der Waals surface area contributed by atoms with E-state index < -0.39 is 35.8 Å². The van der Waals surface area contributed by atoms with Crippen LogP contribution in [0.2, 0.25) is 0 Å². The first-order valence-electron chi connectivity index (χ1n) is 3.24. The van der Waals surface area contributed by atoms with E-state index in [0.29, 0.717) is 0 Å². The number of esters is 4. The molecule has 0 spiro atoms. The Balaban J connectivity index is -0.000000187. The van der Waals surface area contributed by atoms with Gasteiger partial charge in [0.15, 0.2) is 0 Å². The molecule has 0 aliphatic carbocycles. The summed E-state index contributed by atoms with van der Waals surface area (Å²) in [6.45, 7) is 0. The summed E-state index contributed by atoms with van der Waals surface area (Å²) in [6.07, 6.45) is 0. The maximum absolute atomic E-state index is 10.5. The van der Waals surface area contributed by atoms with E-state index in [2.05, 4.69) is 9.47 Å². The second kappa shape index (κ2) is 16.6. The number of ether oxygens (including phenoxy) is 2. The Hall–Kier alpha value is 1.22. The summed E-state index contributed by atoms with van der Waals surface area (Å²) >= 11 is 0. The fraction of sp³-hybridized carbons (Fsp3) is 0. The SMILES string of the molecule is O=C(O)C(=O)OC(=O)C(=O)OC(=O)C(=O)O.[NaH].[NaH].[NaH].[NaH]. The molecule has 0 heterocycles. The van der Waals surface area contributed by atoms with Gasteiger partial charge >= 0.3 is 154 Å². The van der Waals surface area contributed by atoms with Crippen molar-refractivity contribution in [2.45, 2.75) is 0 Å². The van der Waals surface area contributed by atoms with Gasteiger partial charge in [-0.15, -0.1) is 0 Å². The van der Waals surface area contributed by atoms with Crippen LogP contribution >= 0.6 is 0 Å². The van der Waals surface area contributed by atoms with Gasteiger partial charge < -0.3 is 19.7 Å². The molecule has 0 rings (SSSR count). The van der Waals surface area contributed by atoms with Crippen LogP contribution in [0.25, 0.3) is 0 Å². The van der Waals surface area contributed by atoms with E-state index in [9.17, 15) is 28.8 Å². The number of carbonyl (C=O) groups is 6. The number of hydrogen-bond donors (Lipinski definition) is 2. The van der Waals surface area contributed by atoms with Crippen molar-refractivity contribution in [2.75, 3.05) is 0 Å². The van der Waals surface area contributed by atoms with Crippen molar-refractivity contribution in [3.05, 3.63) is 0 Å². The molecular weight excluding hydrogens is 324 g/mol. The van der Waals surface area contributed by atoms with E-state index in [-0.39, 0.29) is 118 Å². The molecular formula is C6H6Na4O10. The molecule has 0 fully saturated rings. The van der Waals surface area contributed by atoms with E-state index in [0.717, 1.165) is 0 Å². The molecule has 0 unspecified atom stereocenters. The second-order valence-electron chi connectivity index (χ2n) is 1.96. The van der Waals surface area contributed by atoms with E-state index in [4.69, 9.17) is 10.2 Å². The molecule has 0 aliphatic rings. The van der Waals surface area contributed by atoms with Crippen LogP contribution in [0.5, 0.6) is 0 Å². The van der Waals surface area contributed by atoms with Crippen molar-refractivity contribution in [3.63, 3.8) is 0 Å². The molecule has 14 heteroatoms. The Bertz CT molecular complexity index is 367. The first-order valence-corrected chi connectivity index (χ1v) is 3.24. The van der Waals surface area contributed by atoms with Crippen LogP contribution < -0.4 is 0 Å². The zero-order chi connectivity index (χ0) is 12.9. The van der Waals surface area contributed by atoms with Crippen molar-refractivity contribution < 1.29 is 48.5 Å². The molecule has 0 saturated heterocycles. The third-order valence-corrected chi connectivity index (χ3v) is 0.887. The monoisotopic (exact) mass is 330 g/mol. The van der Waals surface area contributed by atoms with Crippen LogP contribution in [0.3, 0.4) is 0 Å². The summed E-state index contributed by atoms with van der Waals surface area (Å²) in [5.74, 6) is -12.7. The van der Waals surface area contributed by atoms with Crippen LogP contribution in [0.4, 0.5) is 0 Å². The Morgan fingerprint density at radius 2 is 0.700 bits per heavy atom. The van der Waals surface area contributed by atoms with Crippen molar-refractivity contribution in [3.8, 4) is 0 Å². The average Bonchev–Trinajstić information content (AvgIpc) is 2.16. The Kier molecular flexibility index (Phi) is 27.4. The van der Waals surface area contributed by atoms with Crippen LogP contribution in [-0.4, -0.2) is 164 Å². The van der Waals surface area contributed by atoms with Crippen LogP contribution in [-0.2, 0) is 38.2 Å². The van der Waals surface area contributed by atoms with Gasteiger partial charge in [0.25, 0.3) is 0 Å². The fourth-order valence-corrected chi connectivity index (χ4v) is 0.339. The Morgan fingerprint density at radius 3 is 0.850 bits per heavy atom. The molecule has 0 aromatic heterocycles. The molecule has 0 aliphatic heterocycles. The standard InChI is InChI=1S/C6H2O10.4Na.4H/c7-1(8)3(11)15-5(13)6(14)16-4(12)2(9)10;;;;;;;;/h(H,7,8)(H,9,10);;;;;;;;. The molecule has 0 atom stereocenters. The first kappa shape index (κ1) is 33.0. The van der Waals surface area contributed by atoms with Gasteiger partial charge in [-0.2, -0.15) is 0 Å². The van der Waals surface area contributed by atoms with Gasteiger partial charge in [-0.1, -0.05) is 0 Å². The molecule has 0 saturated carbocycles. The number of carbonyl (C=O) groups excluding carboxylic acids is 4. The second-order valence-corrected chi connectivity index (χ2v) is 1.96. The van der Waals surface area contributed by atoms with Gasteiger partial charge in [0.05, 0.1) is 0 Å². The minimum absolute atomic E-state index is 0. The van der Waals surface area contributed by atoms with Gasteiger partial charge in [0.2, 0.25) is 0 Å². The minimum atomic E-state index is -2.16.